The third kappa shape index (κ3) is 6.47. The van der Waals surface area contributed by atoms with Gasteiger partial charge in [-0.3, -0.25) is 9.79 Å². The van der Waals surface area contributed by atoms with Crippen molar-refractivity contribution in [3.05, 3.63) is 66.3 Å². The van der Waals surface area contributed by atoms with Gasteiger partial charge in [0, 0.05) is 42.8 Å². The van der Waals surface area contributed by atoms with Crippen LogP contribution in [0.3, 0.4) is 0 Å². The summed E-state index contributed by atoms with van der Waals surface area (Å²) < 4.78 is 18.8. The number of carbonyl (C=O) groups is 1. The fourth-order valence-corrected chi connectivity index (χ4v) is 3.01. The van der Waals surface area contributed by atoms with E-state index in [4.69, 9.17) is 4.52 Å². The number of amides is 1. The van der Waals surface area contributed by atoms with Crippen LogP contribution in [-0.4, -0.2) is 40.3 Å². The molecule has 1 aromatic rings. The van der Waals surface area contributed by atoms with Crippen LogP contribution in [0.5, 0.6) is 0 Å². The second kappa shape index (κ2) is 11.8. The maximum Gasteiger partial charge on any atom is 0.257 e. The first-order chi connectivity index (χ1) is 14.5. The molecule has 30 heavy (non-hydrogen) atoms. The molecule has 0 aromatic carbocycles. The molecule has 1 aliphatic carbocycles. The molecule has 7 heteroatoms. The predicted molar refractivity (Wildman–Crippen MR) is 118 cm³/mol. The van der Waals surface area contributed by atoms with Crippen molar-refractivity contribution in [1.82, 2.24) is 15.0 Å². The molecule has 0 aliphatic heterocycles. The highest BCUT2D eigenvalue weighted by molar-refractivity contribution is 5.81. The number of allylic oxidation sites excluding steroid dienone is 8. The SMILES string of the molecule is C=CCN=C/C=C(\C)N(CC)C(=O)CC(CC)c1noc(C2=CC=C(F)CC=C2)n1. The zero-order chi connectivity index (χ0) is 21.9. The molecule has 0 radical (unpaired) electrons. The zero-order valence-electron chi connectivity index (χ0n) is 17.8. The smallest absolute Gasteiger partial charge is 0.257 e. The van der Waals surface area contributed by atoms with Crippen LogP contribution in [0.1, 0.15) is 57.7 Å². The molecular formula is C23H29FN4O2. The van der Waals surface area contributed by atoms with Crippen LogP contribution in [0, 0.1) is 0 Å². The highest BCUT2D eigenvalue weighted by atomic mass is 19.1. The number of aromatic nitrogens is 2. The van der Waals surface area contributed by atoms with Gasteiger partial charge in [-0.2, -0.15) is 4.98 Å². The molecule has 0 saturated heterocycles. The highest BCUT2D eigenvalue weighted by Gasteiger charge is 2.24. The van der Waals surface area contributed by atoms with Crippen molar-refractivity contribution in [3.8, 4) is 0 Å². The third-order valence-corrected chi connectivity index (χ3v) is 4.72. The third-order valence-electron chi connectivity index (χ3n) is 4.72. The van der Waals surface area contributed by atoms with Crippen molar-refractivity contribution >= 4 is 17.7 Å². The Labute approximate surface area is 177 Å². The van der Waals surface area contributed by atoms with E-state index in [0.717, 1.165) is 5.70 Å². The van der Waals surface area contributed by atoms with Crippen LogP contribution in [0.4, 0.5) is 4.39 Å². The van der Waals surface area contributed by atoms with Gasteiger partial charge in [-0.25, -0.2) is 4.39 Å². The summed E-state index contributed by atoms with van der Waals surface area (Å²) in [4.78, 5) is 23.2. The second-order valence-electron chi connectivity index (χ2n) is 6.86. The molecule has 2 rings (SSSR count). The van der Waals surface area contributed by atoms with Gasteiger partial charge in [-0.05, 0) is 38.5 Å². The van der Waals surface area contributed by atoms with Crippen LogP contribution in [0.25, 0.3) is 5.57 Å². The molecule has 0 spiro atoms. The van der Waals surface area contributed by atoms with Crippen molar-refractivity contribution in [2.75, 3.05) is 13.1 Å². The summed E-state index contributed by atoms with van der Waals surface area (Å²) in [5.41, 5.74) is 1.47. The van der Waals surface area contributed by atoms with Gasteiger partial charge in [-0.15, -0.1) is 6.58 Å². The summed E-state index contributed by atoms with van der Waals surface area (Å²) in [6.07, 6.45) is 12.9. The first-order valence-corrected chi connectivity index (χ1v) is 10.1. The Hall–Kier alpha value is -3.09. The Balaban J connectivity index is 2.12. The normalized spacial score (nSPS) is 15.5. The van der Waals surface area contributed by atoms with E-state index in [2.05, 4.69) is 21.7 Å². The minimum absolute atomic E-state index is 0.0137. The molecule has 0 N–H and O–H groups in total. The van der Waals surface area contributed by atoms with Crippen molar-refractivity contribution in [2.45, 2.75) is 46.0 Å². The van der Waals surface area contributed by atoms with Gasteiger partial charge < -0.3 is 9.42 Å². The van der Waals surface area contributed by atoms with Crippen LogP contribution in [0.15, 0.2) is 64.1 Å². The summed E-state index contributed by atoms with van der Waals surface area (Å²) in [5, 5.41) is 4.07. The number of hydrogen-bond acceptors (Lipinski definition) is 5. The lowest BCUT2D eigenvalue weighted by atomic mass is 10.0. The Morgan fingerprint density at radius 3 is 2.93 bits per heavy atom. The van der Waals surface area contributed by atoms with E-state index >= 15 is 0 Å². The summed E-state index contributed by atoms with van der Waals surface area (Å²) in [5.74, 6) is 0.388. The number of carbonyl (C=O) groups excluding carboxylic acids is 1. The van der Waals surface area contributed by atoms with Gasteiger partial charge in [0.2, 0.25) is 5.91 Å². The number of rotatable bonds is 10. The lowest BCUT2D eigenvalue weighted by Gasteiger charge is -2.23. The fraction of sp³-hybridized carbons (Fsp3) is 0.391. The molecular weight excluding hydrogens is 383 g/mol. The fourth-order valence-electron chi connectivity index (χ4n) is 3.01. The number of nitrogens with zero attached hydrogens (tertiary/aromatic N) is 4. The first kappa shape index (κ1) is 23.2. The first-order valence-electron chi connectivity index (χ1n) is 10.1. The van der Waals surface area contributed by atoms with Crippen molar-refractivity contribution in [3.63, 3.8) is 0 Å². The minimum atomic E-state index is -0.226. The maximum absolute atomic E-state index is 13.4. The molecule has 1 amide bonds. The van der Waals surface area contributed by atoms with E-state index in [1.54, 1.807) is 35.4 Å². The van der Waals surface area contributed by atoms with Gasteiger partial charge in [0.1, 0.15) is 5.83 Å². The van der Waals surface area contributed by atoms with E-state index < -0.39 is 0 Å². The summed E-state index contributed by atoms with van der Waals surface area (Å²) in [6.45, 7) is 10.5. The number of aliphatic imine (C=N–C) groups is 1. The Kier molecular flexibility index (Phi) is 9.12. The number of hydrogen-bond donors (Lipinski definition) is 0. The topological polar surface area (TPSA) is 71.6 Å². The van der Waals surface area contributed by atoms with Gasteiger partial charge in [-0.1, -0.05) is 30.3 Å². The largest absolute Gasteiger partial charge is 0.334 e. The summed E-state index contributed by atoms with van der Waals surface area (Å²) in [6, 6.07) is 0. The summed E-state index contributed by atoms with van der Waals surface area (Å²) >= 11 is 0. The second-order valence-corrected chi connectivity index (χ2v) is 6.86. The molecule has 1 aliphatic rings. The molecule has 0 bridgehead atoms. The summed E-state index contributed by atoms with van der Waals surface area (Å²) in [7, 11) is 0. The van der Waals surface area contributed by atoms with Gasteiger partial charge in [0.15, 0.2) is 5.82 Å². The Morgan fingerprint density at radius 1 is 1.43 bits per heavy atom. The lowest BCUT2D eigenvalue weighted by Crippen LogP contribution is -2.30. The molecule has 0 saturated carbocycles. The molecule has 1 atom stereocenters. The van der Waals surface area contributed by atoms with Gasteiger partial charge in [0.25, 0.3) is 5.89 Å². The molecule has 1 aromatic heterocycles. The van der Waals surface area contributed by atoms with E-state index in [-0.39, 0.29) is 30.5 Å². The monoisotopic (exact) mass is 412 g/mol. The quantitative estimate of drug-likeness (QED) is 0.393. The number of halogens is 1. The van der Waals surface area contributed by atoms with Crippen LogP contribution < -0.4 is 0 Å². The van der Waals surface area contributed by atoms with E-state index in [1.807, 2.05) is 26.8 Å². The molecule has 1 heterocycles. The standard InChI is InChI=1S/C23H29FN4O2/c1-5-14-25-15-13-17(4)28(7-3)21(29)16-18(6-2)22-26-23(30-27-22)19-9-8-10-20(24)12-11-19/h5,8-9,11-13,15,18H,1,6-7,10,14,16H2,2-4H3/b17-13+,25-15?. The zero-order valence-corrected chi connectivity index (χ0v) is 17.8. The van der Waals surface area contributed by atoms with Crippen molar-refractivity contribution < 1.29 is 13.7 Å². The predicted octanol–water partition coefficient (Wildman–Crippen LogP) is 5.16. The van der Waals surface area contributed by atoms with E-state index in [9.17, 15) is 9.18 Å². The van der Waals surface area contributed by atoms with Crippen molar-refractivity contribution in [1.29, 1.82) is 0 Å². The average molecular weight is 413 g/mol. The molecule has 160 valence electrons. The Morgan fingerprint density at radius 2 is 2.23 bits per heavy atom. The van der Waals surface area contributed by atoms with E-state index in [0.29, 0.717) is 36.8 Å². The van der Waals surface area contributed by atoms with Crippen LogP contribution in [-0.2, 0) is 4.79 Å². The van der Waals surface area contributed by atoms with E-state index in [1.165, 1.54) is 6.08 Å². The van der Waals surface area contributed by atoms with Crippen LogP contribution >= 0.6 is 0 Å². The van der Waals surface area contributed by atoms with Gasteiger partial charge >= 0.3 is 0 Å². The average Bonchev–Trinajstić information content (AvgIpc) is 3.12. The minimum Gasteiger partial charge on any atom is -0.334 e. The molecule has 0 fully saturated rings. The van der Waals surface area contributed by atoms with Gasteiger partial charge in [0.05, 0.1) is 6.54 Å². The maximum atomic E-state index is 13.4. The Bertz CT molecular complexity index is 893. The van der Waals surface area contributed by atoms with Crippen molar-refractivity contribution in [2.24, 2.45) is 4.99 Å². The molecule has 1 unspecified atom stereocenters. The highest BCUT2D eigenvalue weighted by Crippen LogP contribution is 2.26. The lowest BCUT2D eigenvalue weighted by molar-refractivity contribution is -0.129. The van der Waals surface area contributed by atoms with Crippen LogP contribution in [0.2, 0.25) is 0 Å². The molecule has 6 nitrogen and oxygen atoms in total.